The zero-order chi connectivity index (χ0) is 22.4. The molecule has 3 aromatic rings. The number of amides is 1. The van der Waals surface area contributed by atoms with Crippen LogP contribution < -0.4 is 14.8 Å². The molecular weight excluding hydrogens is 394 g/mol. The lowest BCUT2D eigenvalue weighted by Crippen LogP contribution is -2.32. The minimum atomic E-state index is -0.270. The van der Waals surface area contributed by atoms with Crippen molar-refractivity contribution in [3.05, 3.63) is 59.4 Å². The minimum Gasteiger partial charge on any atom is -0.490 e. The van der Waals surface area contributed by atoms with Crippen molar-refractivity contribution in [2.75, 3.05) is 20.3 Å². The van der Waals surface area contributed by atoms with E-state index < -0.39 is 0 Å². The third-order valence-electron chi connectivity index (χ3n) is 5.07. The first-order chi connectivity index (χ1) is 15.0. The van der Waals surface area contributed by atoms with Gasteiger partial charge in [0.15, 0.2) is 17.3 Å². The summed E-state index contributed by atoms with van der Waals surface area (Å²) in [6.45, 7) is 9.38. The molecule has 1 heterocycles. The first kappa shape index (κ1) is 22.7. The SMILES string of the molecule is CCOc1ccc(C(NC(=O)c2oc3ccccc3c2COC)C(C)C)cc1OCC. The maximum atomic E-state index is 13.3. The van der Waals surface area contributed by atoms with Crippen LogP contribution in [0.15, 0.2) is 46.9 Å². The third kappa shape index (κ3) is 5.02. The Bertz CT molecular complexity index is 1020. The first-order valence-electron chi connectivity index (χ1n) is 10.7. The van der Waals surface area contributed by atoms with Gasteiger partial charge in [-0.05, 0) is 43.5 Å². The molecule has 6 heteroatoms. The molecule has 0 radical (unpaired) electrons. The molecule has 0 saturated carbocycles. The normalized spacial score (nSPS) is 12.2. The molecule has 1 aromatic heterocycles. The van der Waals surface area contributed by atoms with Crippen molar-refractivity contribution in [3.63, 3.8) is 0 Å². The molecule has 3 rings (SSSR count). The summed E-state index contributed by atoms with van der Waals surface area (Å²) in [5, 5.41) is 4.03. The van der Waals surface area contributed by atoms with Crippen molar-refractivity contribution in [2.24, 2.45) is 5.92 Å². The van der Waals surface area contributed by atoms with Gasteiger partial charge in [-0.2, -0.15) is 0 Å². The largest absolute Gasteiger partial charge is 0.490 e. The summed E-state index contributed by atoms with van der Waals surface area (Å²) in [5.41, 5.74) is 2.36. The number of benzene rings is 2. The Morgan fingerprint density at radius 1 is 1.03 bits per heavy atom. The minimum absolute atomic E-state index is 0.145. The lowest BCUT2D eigenvalue weighted by molar-refractivity contribution is 0.0893. The molecule has 0 aliphatic heterocycles. The summed E-state index contributed by atoms with van der Waals surface area (Å²) in [5.74, 6) is 1.53. The number of methoxy groups -OCH3 is 1. The Balaban J connectivity index is 1.94. The summed E-state index contributed by atoms with van der Waals surface area (Å²) in [7, 11) is 1.61. The molecule has 31 heavy (non-hydrogen) atoms. The quantitative estimate of drug-likeness (QED) is 0.464. The predicted molar refractivity (Wildman–Crippen MR) is 121 cm³/mol. The monoisotopic (exact) mass is 425 g/mol. The zero-order valence-corrected chi connectivity index (χ0v) is 18.9. The molecular formula is C25H31NO5. The summed E-state index contributed by atoms with van der Waals surface area (Å²) < 4.78 is 22.7. The Kier molecular flexibility index (Phi) is 7.58. The fourth-order valence-corrected chi connectivity index (χ4v) is 3.67. The molecule has 1 amide bonds. The van der Waals surface area contributed by atoms with Gasteiger partial charge in [0, 0.05) is 18.1 Å². The van der Waals surface area contributed by atoms with Crippen molar-refractivity contribution in [1.82, 2.24) is 5.32 Å². The van der Waals surface area contributed by atoms with Crippen molar-refractivity contribution < 1.29 is 23.4 Å². The van der Waals surface area contributed by atoms with Crippen LogP contribution in [-0.4, -0.2) is 26.2 Å². The Morgan fingerprint density at radius 3 is 2.42 bits per heavy atom. The number of carbonyl (C=O) groups is 1. The Morgan fingerprint density at radius 2 is 1.74 bits per heavy atom. The van der Waals surface area contributed by atoms with Crippen molar-refractivity contribution in [3.8, 4) is 11.5 Å². The Hall–Kier alpha value is -2.99. The molecule has 0 bridgehead atoms. The zero-order valence-electron chi connectivity index (χ0n) is 18.9. The van der Waals surface area contributed by atoms with E-state index in [9.17, 15) is 4.79 Å². The average Bonchev–Trinajstić information content (AvgIpc) is 3.12. The van der Waals surface area contributed by atoms with Crippen LogP contribution in [0.5, 0.6) is 11.5 Å². The summed E-state index contributed by atoms with van der Waals surface area (Å²) in [6.07, 6.45) is 0. The summed E-state index contributed by atoms with van der Waals surface area (Å²) in [4.78, 5) is 13.3. The lowest BCUT2D eigenvalue weighted by Gasteiger charge is -2.24. The topological polar surface area (TPSA) is 69.9 Å². The third-order valence-corrected chi connectivity index (χ3v) is 5.07. The van der Waals surface area contributed by atoms with Crippen LogP contribution >= 0.6 is 0 Å². The van der Waals surface area contributed by atoms with Gasteiger partial charge in [0.2, 0.25) is 0 Å². The van der Waals surface area contributed by atoms with Gasteiger partial charge >= 0.3 is 0 Å². The summed E-state index contributed by atoms with van der Waals surface area (Å²) >= 11 is 0. The van der Waals surface area contributed by atoms with Gasteiger partial charge < -0.3 is 23.9 Å². The smallest absolute Gasteiger partial charge is 0.287 e. The standard InChI is InChI=1S/C25H31NO5/c1-6-29-21-13-12-17(14-22(21)30-7-2)23(16(3)4)26-25(27)24-19(15-28-5)18-10-8-9-11-20(18)31-24/h8-14,16,23H,6-7,15H2,1-5H3,(H,26,27). The van der Waals surface area contributed by atoms with Crippen LogP contribution in [0, 0.1) is 5.92 Å². The lowest BCUT2D eigenvalue weighted by atomic mass is 9.95. The van der Waals surface area contributed by atoms with Crippen molar-refractivity contribution in [2.45, 2.75) is 40.3 Å². The maximum absolute atomic E-state index is 13.3. The number of hydrogen-bond donors (Lipinski definition) is 1. The van der Waals surface area contributed by atoms with Crippen molar-refractivity contribution >= 4 is 16.9 Å². The summed E-state index contributed by atoms with van der Waals surface area (Å²) in [6, 6.07) is 13.2. The van der Waals surface area contributed by atoms with Gasteiger partial charge in [-0.15, -0.1) is 0 Å². The second-order valence-corrected chi connectivity index (χ2v) is 7.61. The van der Waals surface area contributed by atoms with Gasteiger partial charge in [-0.3, -0.25) is 4.79 Å². The van der Waals surface area contributed by atoms with Gasteiger partial charge in [0.25, 0.3) is 5.91 Å². The highest BCUT2D eigenvalue weighted by molar-refractivity contribution is 5.99. The number of hydrogen-bond acceptors (Lipinski definition) is 5. The molecule has 2 aromatic carbocycles. The van der Waals surface area contributed by atoms with E-state index in [1.165, 1.54) is 0 Å². The second-order valence-electron chi connectivity index (χ2n) is 7.61. The van der Waals surface area contributed by atoms with Crippen LogP contribution in [0.1, 0.15) is 55.4 Å². The molecule has 1 N–H and O–H groups in total. The first-order valence-corrected chi connectivity index (χ1v) is 10.7. The number of rotatable bonds is 10. The molecule has 1 unspecified atom stereocenters. The van der Waals surface area contributed by atoms with Gasteiger partial charge in [-0.25, -0.2) is 0 Å². The highest BCUT2D eigenvalue weighted by atomic mass is 16.5. The van der Waals surface area contributed by atoms with Gasteiger partial charge in [-0.1, -0.05) is 38.1 Å². The number of furan rings is 1. The van der Waals surface area contributed by atoms with Crippen LogP contribution in [0.2, 0.25) is 0 Å². The van der Waals surface area contributed by atoms with Crippen LogP contribution in [-0.2, 0) is 11.3 Å². The molecule has 6 nitrogen and oxygen atoms in total. The number of fused-ring (bicyclic) bond motifs is 1. The van der Waals surface area contributed by atoms with E-state index in [1.54, 1.807) is 7.11 Å². The van der Waals surface area contributed by atoms with E-state index in [-0.39, 0.29) is 23.6 Å². The van der Waals surface area contributed by atoms with E-state index in [1.807, 2.05) is 56.3 Å². The van der Waals surface area contributed by atoms with Crippen LogP contribution in [0.3, 0.4) is 0 Å². The second kappa shape index (κ2) is 10.4. The number of carbonyl (C=O) groups excluding carboxylic acids is 1. The molecule has 0 fully saturated rings. The highest BCUT2D eigenvalue weighted by Gasteiger charge is 2.25. The Labute approximate surface area is 183 Å². The fraction of sp³-hybridized carbons (Fsp3) is 0.400. The molecule has 0 aliphatic carbocycles. The van der Waals surface area contributed by atoms with Gasteiger partial charge in [0.05, 0.1) is 25.9 Å². The fourth-order valence-electron chi connectivity index (χ4n) is 3.67. The maximum Gasteiger partial charge on any atom is 0.287 e. The van der Waals surface area contributed by atoms with E-state index in [0.29, 0.717) is 36.9 Å². The average molecular weight is 426 g/mol. The molecule has 1 atom stereocenters. The molecule has 0 spiro atoms. The number of ether oxygens (including phenoxy) is 3. The van der Waals surface area contributed by atoms with E-state index >= 15 is 0 Å². The molecule has 0 aliphatic rings. The van der Waals surface area contributed by atoms with E-state index in [0.717, 1.165) is 16.5 Å². The van der Waals surface area contributed by atoms with Crippen LogP contribution in [0.25, 0.3) is 11.0 Å². The number of nitrogens with one attached hydrogen (secondary N) is 1. The molecule has 0 saturated heterocycles. The van der Waals surface area contributed by atoms with Crippen LogP contribution in [0.4, 0.5) is 0 Å². The van der Waals surface area contributed by atoms with E-state index in [2.05, 4.69) is 19.2 Å². The van der Waals surface area contributed by atoms with E-state index in [4.69, 9.17) is 18.6 Å². The predicted octanol–water partition coefficient (Wildman–Crippen LogP) is 5.50. The molecule has 166 valence electrons. The number of para-hydroxylation sites is 1. The van der Waals surface area contributed by atoms with Crippen molar-refractivity contribution in [1.29, 1.82) is 0 Å². The van der Waals surface area contributed by atoms with Gasteiger partial charge in [0.1, 0.15) is 5.58 Å². The highest BCUT2D eigenvalue weighted by Crippen LogP contribution is 2.34.